The van der Waals surface area contributed by atoms with Gasteiger partial charge in [-0.25, -0.2) is 0 Å². The third-order valence-corrected chi connectivity index (χ3v) is 3.53. The van der Waals surface area contributed by atoms with Gasteiger partial charge in [-0.2, -0.15) is 0 Å². The van der Waals surface area contributed by atoms with Crippen molar-refractivity contribution in [3.05, 3.63) is 0 Å². The summed E-state index contributed by atoms with van der Waals surface area (Å²) in [4.78, 5) is 8.62. The Morgan fingerprint density at radius 2 is 1.19 bits per heavy atom. The van der Waals surface area contributed by atoms with E-state index in [0.29, 0.717) is 6.16 Å². The summed E-state index contributed by atoms with van der Waals surface area (Å²) in [6.07, 6.45) is 13.3. The molecule has 0 aliphatic heterocycles. The average molecular weight is 286 g/mol. The topological polar surface area (TPSA) is 37.3 Å². The standard InChI is InChI=1S/C12H27O2P.Cr/c1-2-3-4-5-6-7-8-9-10-11-12-15(13)14;/h15H,2-12H2,1H3,(H,13,14);. The molecule has 0 aromatic rings. The molecule has 0 saturated heterocycles. The molecule has 0 aliphatic carbocycles. The van der Waals surface area contributed by atoms with E-state index in [0.717, 1.165) is 12.8 Å². The van der Waals surface area contributed by atoms with Crippen LogP contribution in [0.5, 0.6) is 0 Å². The minimum atomic E-state index is -2.19. The zero-order chi connectivity index (χ0) is 11.4. The summed E-state index contributed by atoms with van der Waals surface area (Å²) in [5, 5.41) is 0. The Bertz CT molecular complexity index is 154. The first-order valence-electron chi connectivity index (χ1n) is 6.49. The maximum Gasteiger partial charge on any atom is 0.189 e. The fourth-order valence-electron chi connectivity index (χ4n) is 1.76. The van der Waals surface area contributed by atoms with Gasteiger partial charge in [0.1, 0.15) is 0 Å². The molecule has 0 saturated carbocycles. The Hall–Kier alpha value is 0.722. The summed E-state index contributed by atoms with van der Waals surface area (Å²) >= 11 is 0. The second kappa shape index (κ2) is 15.7. The molecule has 2 nitrogen and oxygen atoms in total. The molecule has 98 valence electrons. The van der Waals surface area contributed by atoms with Crippen molar-refractivity contribution in [2.24, 2.45) is 0 Å². The Morgan fingerprint density at radius 1 is 0.812 bits per heavy atom. The van der Waals surface area contributed by atoms with Gasteiger partial charge in [-0.3, -0.25) is 4.57 Å². The zero-order valence-corrected chi connectivity index (χ0v) is 12.8. The number of hydrogen-bond donors (Lipinski definition) is 1. The fourth-order valence-corrected chi connectivity index (χ4v) is 2.32. The molecule has 0 radical (unpaired) electrons. The second-order valence-corrected chi connectivity index (χ2v) is 5.61. The van der Waals surface area contributed by atoms with Crippen LogP contribution in [-0.2, 0) is 21.9 Å². The summed E-state index contributed by atoms with van der Waals surface area (Å²) in [6.45, 7) is 2.24. The van der Waals surface area contributed by atoms with Gasteiger partial charge in [0.15, 0.2) is 8.03 Å². The first-order valence-corrected chi connectivity index (χ1v) is 8.05. The molecule has 16 heavy (non-hydrogen) atoms. The van der Waals surface area contributed by atoms with Crippen LogP contribution < -0.4 is 0 Å². The Kier molecular flexibility index (Phi) is 18.7. The minimum absolute atomic E-state index is 0. The molecule has 1 N–H and O–H groups in total. The van der Waals surface area contributed by atoms with Crippen molar-refractivity contribution in [2.75, 3.05) is 6.16 Å². The largest absolute Gasteiger partial charge is 0.346 e. The molecule has 0 amide bonds. The van der Waals surface area contributed by atoms with E-state index >= 15 is 0 Å². The number of unbranched alkanes of at least 4 members (excludes halogenated alkanes) is 9. The predicted octanol–water partition coefficient (Wildman–Crippen LogP) is 4.37. The number of rotatable bonds is 11. The molecule has 1 atom stereocenters. The van der Waals surface area contributed by atoms with E-state index in [4.69, 9.17) is 4.89 Å². The van der Waals surface area contributed by atoms with Crippen molar-refractivity contribution in [3.63, 3.8) is 0 Å². The van der Waals surface area contributed by atoms with Gasteiger partial charge in [0.2, 0.25) is 0 Å². The van der Waals surface area contributed by atoms with E-state index in [1.807, 2.05) is 0 Å². The summed E-state index contributed by atoms with van der Waals surface area (Å²) in [5.74, 6) is 0. The monoisotopic (exact) mass is 286 g/mol. The van der Waals surface area contributed by atoms with Gasteiger partial charge in [0.05, 0.1) is 0 Å². The molecule has 0 spiro atoms. The van der Waals surface area contributed by atoms with E-state index in [-0.39, 0.29) is 17.4 Å². The van der Waals surface area contributed by atoms with E-state index in [1.54, 1.807) is 0 Å². The Morgan fingerprint density at radius 3 is 1.56 bits per heavy atom. The summed E-state index contributed by atoms with van der Waals surface area (Å²) in [6, 6.07) is 0. The predicted molar refractivity (Wildman–Crippen MR) is 67.9 cm³/mol. The van der Waals surface area contributed by atoms with Crippen LogP contribution in [-0.4, -0.2) is 11.1 Å². The summed E-state index contributed by atoms with van der Waals surface area (Å²) < 4.78 is 10.4. The van der Waals surface area contributed by atoms with Crippen LogP contribution in [0.1, 0.15) is 71.1 Å². The summed E-state index contributed by atoms with van der Waals surface area (Å²) in [7, 11) is -2.19. The fraction of sp³-hybridized carbons (Fsp3) is 1.00. The van der Waals surface area contributed by atoms with E-state index in [1.165, 1.54) is 51.4 Å². The zero-order valence-electron chi connectivity index (χ0n) is 10.5. The third-order valence-electron chi connectivity index (χ3n) is 2.74. The van der Waals surface area contributed by atoms with Gasteiger partial charge in [-0.15, -0.1) is 0 Å². The molecular formula is C12H27CrO2P. The normalized spacial score (nSPS) is 12.1. The molecule has 0 aromatic carbocycles. The quantitative estimate of drug-likeness (QED) is 0.452. The molecular weight excluding hydrogens is 259 g/mol. The van der Waals surface area contributed by atoms with Gasteiger partial charge in [-0.1, -0.05) is 64.7 Å². The van der Waals surface area contributed by atoms with Crippen LogP contribution >= 0.6 is 8.03 Å². The van der Waals surface area contributed by atoms with Crippen LogP contribution in [0.3, 0.4) is 0 Å². The molecule has 0 heterocycles. The van der Waals surface area contributed by atoms with Crippen molar-refractivity contribution in [1.29, 1.82) is 0 Å². The molecule has 0 bridgehead atoms. The molecule has 0 rings (SSSR count). The number of hydrogen-bond acceptors (Lipinski definition) is 1. The van der Waals surface area contributed by atoms with E-state index in [2.05, 4.69) is 6.92 Å². The average Bonchev–Trinajstić information content (AvgIpc) is 2.20. The SMILES string of the molecule is CCCCCCCCCCCC[PH](=O)O.[Cr]. The van der Waals surface area contributed by atoms with Gasteiger partial charge in [0, 0.05) is 23.5 Å². The minimum Gasteiger partial charge on any atom is -0.346 e. The molecule has 4 heteroatoms. The van der Waals surface area contributed by atoms with Gasteiger partial charge >= 0.3 is 0 Å². The molecule has 0 fully saturated rings. The van der Waals surface area contributed by atoms with Gasteiger partial charge < -0.3 is 4.89 Å². The van der Waals surface area contributed by atoms with Crippen LogP contribution in [0.25, 0.3) is 0 Å². The molecule has 0 aromatic heterocycles. The van der Waals surface area contributed by atoms with Gasteiger partial charge in [-0.05, 0) is 6.42 Å². The molecule has 1 unspecified atom stereocenters. The van der Waals surface area contributed by atoms with Crippen molar-refractivity contribution < 1.29 is 26.8 Å². The molecule has 0 aliphatic rings. The maximum atomic E-state index is 10.4. The maximum absolute atomic E-state index is 10.4. The van der Waals surface area contributed by atoms with E-state index < -0.39 is 8.03 Å². The first-order chi connectivity index (χ1) is 7.27. The van der Waals surface area contributed by atoms with Crippen molar-refractivity contribution in [3.8, 4) is 0 Å². The van der Waals surface area contributed by atoms with Crippen LogP contribution in [0, 0.1) is 0 Å². The Balaban J connectivity index is 0. The van der Waals surface area contributed by atoms with Crippen molar-refractivity contribution >= 4 is 8.03 Å². The smallest absolute Gasteiger partial charge is 0.189 e. The van der Waals surface area contributed by atoms with E-state index in [9.17, 15) is 4.57 Å². The Labute approximate surface area is 112 Å². The van der Waals surface area contributed by atoms with Crippen LogP contribution in [0.4, 0.5) is 0 Å². The van der Waals surface area contributed by atoms with Crippen LogP contribution in [0.15, 0.2) is 0 Å². The second-order valence-electron chi connectivity index (χ2n) is 4.33. The van der Waals surface area contributed by atoms with Gasteiger partial charge in [0.25, 0.3) is 0 Å². The first kappa shape index (κ1) is 19.1. The van der Waals surface area contributed by atoms with Crippen LogP contribution in [0.2, 0.25) is 0 Å². The van der Waals surface area contributed by atoms with Crippen molar-refractivity contribution in [2.45, 2.75) is 71.1 Å². The van der Waals surface area contributed by atoms with Crippen molar-refractivity contribution in [1.82, 2.24) is 0 Å². The summed E-state index contributed by atoms with van der Waals surface area (Å²) in [5.41, 5.74) is 0. The third kappa shape index (κ3) is 17.1.